The molecule has 1 aromatic carbocycles. The Labute approximate surface area is 90.4 Å². The third kappa shape index (κ3) is 2.72. The van der Waals surface area contributed by atoms with Crippen molar-refractivity contribution in [3.05, 3.63) is 29.3 Å². The van der Waals surface area contributed by atoms with Crippen LogP contribution in [0.3, 0.4) is 0 Å². The van der Waals surface area contributed by atoms with E-state index in [0.717, 1.165) is 30.6 Å². The van der Waals surface area contributed by atoms with Crippen LogP contribution in [0.4, 0.5) is 5.69 Å². The van der Waals surface area contributed by atoms with Gasteiger partial charge < -0.3 is 5.32 Å². The maximum absolute atomic E-state index is 11.1. The molecule has 1 heterocycles. The monoisotopic (exact) mass is 225 g/mol. The second kappa shape index (κ2) is 3.85. The van der Waals surface area contributed by atoms with E-state index in [4.69, 9.17) is 0 Å². The van der Waals surface area contributed by atoms with Crippen LogP contribution >= 0.6 is 0 Å². The van der Waals surface area contributed by atoms with E-state index < -0.39 is 9.84 Å². The zero-order valence-electron chi connectivity index (χ0n) is 8.79. The lowest BCUT2D eigenvalue weighted by molar-refractivity contribution is 0.601. The van der Waals surface area contributed by atoms with Crippen LogP contribution in [0.5, 0.6) is 0 Å². The first-order chi connectivity index (χ1) is 7.04. The smallest absolute Gasteiger partial charge is 0.151 e. The molecule has 0 saturated carbocycles. The molecule has 0 bridgehead atoms. The van der Waals surface area contributed by atoms with Gasteiger partial charge in [0.2, 0.25) is 0 Å². The Morgan fingerprint density at radius 3 is 2.93 bits per heavy atom. The Hall–Kier alpha value is -1.03. The van der Waals surface area contributed by atoms with Crippen molar-refractivity contribution in [3.63, 3.8) is 0 Å². The van der Waals surface area contributed by atoms with Gasteiger partial charge in [-0.2, -0.15) is 0 Å². The van der Waals surface area contributed by atoms with Crippen molar-refractivity contribution in [2.75, 3.05) is 18.1 Å². The number of fused-ring (bicyclic) bond motifs is 1. The molecule has 0 unspecified atom stereocenters. The van der Waals surface area contributed by atoms with Gasteiger partial charge in [0.05, 0.1) is 5.75 Å². The molecular weight excluding hydrogens is 210 g/mol. The minimum atomic E-state index is -2.93. The van der Waals surface area contributed by atoms with Gasteiger partial charge in [-0.15, -0.1) is 0 Å². The summed E-state index contributed by atoms with van der Waals surface area (Å²) < 4.78 is 22.3. The number of hydrogen-bond donors (Lipinski definition) is 1. The van der Waals surface area contributed by atoms with Crippen LogP contribution in [0.2, 0.25) is 0 Å². The SMILES string of the molecule is CS(=O)(=O)Cc1ccc2c(c1)NCCC2. The first-order valence-electron chi connectivity index (χ1n) is 5.08. The topological polar surface area (TPSA) is 46.2 Å². The van der Waals surface area contributed by atoms with Gasteiger partial charge in [-0.05, 0) is 30.0 Å². The lowest BCUT2D eigenvalue weighted by Crippen LogP contribution is -2.12. The molecule has 0 radical (unpaired) electrons. The zero-order chi connectivity index (χ0) is 10.9. The van der Waals surface area contributed by atoms with Crippen LogP contribution in [-0.2, 0) is 22.0 Å². The quantitative estimate of drug-likeness (QED) is 0.831. The molecule has 82 valence electrons. The lowest BCUT2D eigenvalue weighted by atomic mass is 10.0. The van der Waals surface area contributed by atoms with Crippen LogP contribution in [0.1, 0.15) is 17.5 Å². The minimum absolute atomic E-state index is 0.127. The fraction of sp³-hybridized carbons (Fsp3) is 0.455. The number of anilines is 1. The van der Waals surface area contributed by atoms with Crippen LogP contribution in [0, 0.1) is 0 Å². The average Bonchev–Trinajstić information content (AvgIpc) is 2.15. The number of nitrogens with one attached hydrogen (secondary N) is 1. The summed E-state index contributed by atoms with van der Waals surface area (Å²) in [5.41, 5.74) is 3.26. The van der Waals surface area contributed by atoms with Gasteiger partial charge in [-0.1, -0.05) is 12.1 Å². The number of aryl methyl sites for hydroxylation is 1. The summed E-state index contributed by atoms with van der Waals surface area (Å²) in [7, 11) is -2.93. The maximum atomic E-state index is 11.1. The van der Waals surface area contributed by atoms with E-state index in [1.54, 1.807) is 0 Å². The van der Waals surface area contributed by atoms with E-state index in [0.29, 0.717) is 0 Å². The van der Waals surface area contributed by atoms with Crippen molar-refractivity contribution in [1.29, 1.82) is 0 Å². The normalized spacial score (nSPS) is 15.5. The fourth-order valence-corrected chi connectivity index (χ4v) is 2.69. The molecule has 1 aliphatic rings. The molecule has 0 aliphatic carbocycles. The number of sulfone groups is 1. The molecule has 1 aliphatic heterocycles. The van der Waals surface area contributed by atoms with Gasteiger partial charge in [0.1, 0.15) is 0 Å². The van der Waals surface area contributed by atoms with E-state index in [1.165, 1.54) is 11.8 Å². The Bertz CT molecular complexity index is 465. The predicted molar refractivity (Wildman–Crippen MR) is 61.8 cm³/mol. The second-order valence-corrected chi connectivity index (χ2v) is 6.23. The van der Waals surface area contributed by atoms with Gasteiger partial charge >= 0.3 is 0 Å². The van der Waals surface area contributed by atoms with Crippen LogP contribution in [0.15, 0.2) is 18.2 Å². The average molecular weight is 225 g/mol. The first-order valence-corrected chi connectivity index (χ1v) is 7.14. The summed E-state index contributed by atoms with van der Waals surface area (Å²) in [6.45, 7) is 0.981. The molecule has 0 spiro atoms. The summed E-state index contributed by atoms with van der Waals surface area (Å²) in [5.74, 6) is 0.127. The highest BCUT2D eigenvalue weighted by Gasteiger charge is 2.10. The molecular formula is C11H15NO2S. The molecule has 1 N–H and O–H groups in total. The summed E-state index contributed by atoms with van der Waals surface area (Å²) in [6, 6.07) is 5.89. The summed E-state index contributed by atoms with van der Waals surface area (Å²) >= 11 is 0. The van der Waals surface area contributed by atoms with Crippen molar-refractivity contribution in [1.82, 2.24) is 0 Å². The van der Waals surface area contributed by atoms with E-state index in [-0.39, 0.29) is 5.75 Å². The molecule has 0 fully saturated rings. The highest BCUT2D eigenvalue weighted by atomic mass is 32.2. The number of rotatable bonds is 2. The van der Waals surface area contributed by atoms with E-state index in [9.17, 15) is 8.42 Å². The lowest BCUT2D eigenvalue weighted by Gasteiger charge is -2.18. The van der Waals surface area contributed by atoms with Gasteiger partial charge in [0, 0.05) is 18.5 Å². The Kier molecular flexibility index (Phi) is 2.69. The maximum Gasteiger partial charge on any atom is 0.151 e. The Morgan fingerprint density at radius 1 is 1.40 bits per heavy atom. The molecule has 4 heteroatoms. The second-order valence-electron chi connectivity index (χ2n) is 4.09. The van der Waals surface area contributed by atoms with Crippen molar-refractivity contribution in [2.45, 2.75) is 18.6 Å². The molecule has 15 heavy (non-hydrogen) atoms. The van der Waals surface area contributed by atoms with Gasteiger partial charge in [0.15, 0.2) is 9.84 Å². The fourth-order valence-electron chi connectivity index (χ4n) is 1.90. The predicted octanol–water partition coefficient (Wildman–Crippen LogP) is 1.59. The van der Waals surface area contributed by atoms with Crippen molar-refractivity contribution in [2.24, 2.45) is 0 Å². The summed E-state index contributed by atoms with van der Waals surface area (Å²) in [5, 5.41) is 3.29. The highest BCUT2D eigenvalue weighted by molar-refractivity contribution is 7.89. The van der Waals surface area contributed by atoms with Crippen LogP contribution < -0.4 is 5.32 Å². The Morgan fingerprint density at radius 2 is 2.20 bits per heavy atom. The first kappa shape index (κ1) is 10.5. The molecule has 3 nitrogen and oxygen atoms in total. The zero-order valence-corrected chi connectivity index (χ0v) is 9.60. The Balaban J connectivity index is 2.28. The summed E-state index contributed by atoms with van der Waals surface area (Å²) in [6.07, 6.45) is 3.50. The van der Waals surface area contributed by atoms with Crippen LogP contribution in [-0.4, -0.2) is 21.2 Å². The van der Waals surface area contributed by atoms with Crippen LogP contribution in [0.25, 0.3) is 0 Å². The molecule has 0 aromatic heterocycles. The van der Waals surface area contributed by atoms with Gasteiger partial charge in [0.25, 0.3) is 0 Å². The molecule has 0 amide bonds. The van der Waals surface area contributed by atoms with E-state index in [1.807, 2.05) is 18.2 Å². The minimum Gasteiger partial charge on any atom is -0.385 e. The van der Waals surface area contributed by atoms with E-state index in [2.05, 4.69) is 5.32 Å². The van der Waals surface area contributed by atoms with Crippen molar-refractivity contribution < 1.29 is 8.42 Å². The highest BCUT2D eigenvalue weighted by Crippen LogP contribution is 2.23. The third-order valence-corrected chi connectivity index (χ3v) is 3.40. The third-order valence-electron chi connectivity index (χ3n) is 2.54. The molecule has 0 atom stereocenters. The van der Waals surface area contributed by atoms with E-state index >= 15 is 0 Å². The molecule has 1 aromatic rings. The number of benzene rings is 1. The van der Waals surface area contributed by atoms with Gasteiger partial charge in [-0.3, -0.25) is 0 Å². The summed E-state index contributed by atoms with van der Waals surface area (Å²) in [4.78, 5) is 0. The molecule has 2 rings (SSSR count). The molecule has 0 saturated heterocycles. The standard InChI is InChI=1S/C11H15NO2S/c1-15(13,14)8-9-4-5-10-3-2-6-12-11(10)7-9/h4-5,7,12H,2-3,6,8H2,1H3. The number of hydrogen-bond acceptors (Lipinski definition) is 3. The van der Waals surface area contributed by atoms with Crippen molar-refractivity contribution in [3.8, 4) is 0 Å². The van der Waals surface area contributed by atoms with Gasteiger partial charge in [-0.25, -0.2) is 8.42 Å². The van der Waals surface area contributed by atoms with Crippen molar-refractivity contribution >= 4 is 15.5 Å². The largest absolute Gasteiger partial charge is 0.385 e.